The van der Waals surface area contributed by atoms with E-state index in [1.165, 1.54) is 19.1 Å². The van der Waals surface area contributed by atoms with Crippen LogP contribution in [0.5, 0.6) is 0 Å². The van der Waals surface area contributed by atoms with Gasteiger partial charge in [0.05, 0.1) is 28.8 Å². The van der Waals surface area contributed by atoms with Gasteiger partial charge in [-0.15, -0.1) is 0 Å². The van der Waals surface area contributed by atoms with Crippen LogP contribution in [-0.4, -0.2) is 53.2 Å². The number of hydrogen-bond acceptors (Lipinski definition) is 6. The number of nitrogens with zero attached hydrogens (tertiary/aromatic N) is 4. The topological polar surface area (TPSA) is 103 Å². The van der Waals surface area contributed by atoms with Crippen LogP contribution in [0.25, 0.3) is 0 Å². The van der Waals surface area contributed by atoms with Gasteiger partial charge in [-0.3, -0.25) is 9.69 Å². The van der Waals surface area contributed by atoms with E-state index in [2.05, 4.69) is 16.3 Å². The number of anilines is 2. The van der Waals surface area contributed by atoms with Crippen molar-refractivity contribution in [3.8, 4) is 12.1 Å². The molecule has 5 rings (SSSR count). The highest BCUT2D eigenvalue weighted by molar-refractivity contribution is 5.97. The molecule has 0 aliphatic carbocycles. The molecule has 3 atom stereocenters. The fraction of sp³-hybridized carbons (Fsp3) is 0.375. The van der Waals surface area contributed by atoms with Crippen molar-refractivity contribution in [2.24, 2.45) is 0 Å². The smallest absolute Gasteiger partial charge is 0.379 e. The Hall–Kier alpha value is -3.60. The summed E-state index contributed by atoms with van der Waals surface area (Å²) in [6, 6.07) is 14.2. The lowest BCUT2D eigenvalue weighted by Gasteiger charge is -2.58. The maximum absolute atomic E-state index is 13.2. The van der Waals surface area contributed by atoms with Gasteiger partial charge >= 0.3 is 6.18 Å². The molecule has 3 aliphatic rings. The van der Waals surface area contributed by atoms with Crippen LogP contribution in [0.4, 0.5) is 24.5 Å². The monoisotopic (exact) mass is 469 g/mol. The molecule has 2 aromatic rings. The number of halogens is 3. The summed E-state index contributed by atoms with van der Waals surface area (Å²) >= 11 is 0. The minimum absolute atomic E-state index is 0.0233. The molecule has 3 fully saturated rings. The van der Waals surface area contributed by atoms with Crippen LogP contribution < -0.4 is 10.2 Å². The lowest BCUT2D eigenvalue weighted by atomic mass is 9.85. The first kappa shape index (κ1) is 23.6. The zero-order valence-electron chi connectivity index (χ0n) is 18.3. The molecule has 10 heteroatoms. The Morgan fingerprint density at radius 3 is 2.32 bits per heavy atom. The molecule has 3 saturated heterocycles. The first-order valence-electron chi connectivity index (χ1n) is 10.7. The number of piperazine rings is 1. The van der Waals surface area contributed by atoms with Crippen molar-refractivity contribution in [2.75, 3.05) is 29.9 Å². The van der Waals surface area contributed by atoms with Crippen molar-refractivity contribution in [2.45, 2.75) is 37.2 Å². The summed E-state index contributed by atoms with van der Waals surface area (Å²) in [4.78, 5) is 16.9. The Balaban J connectivity index is 1.39. The van der Waals surface area contributed by atoms with E-state index < -0.39 is 28.8 Å². The molecule has 7 nitrogen and oxygen atoms in total. The summed E-state index contributed by atoms with van der Waals surface area (Å²) in [5, 5.41) is 31.0. The zero-order valence-corrected chi connectivity index (χ0v) is 18.3. The minimum atomic E-state index is -4.75. The Kier molecular flexibility index (Phi) is 5.98. The molecule has 0 spiro atoms. The minimum Gasteiger partial charge on any atom is -0.379 e. The Morgan fingerprint density at radius 1 is 1.12 bits per heavy atom. The molecule has 2 N–H and O–H groups in total. The third kappa shape index (κ3) is 4.56. The van der Waals surface area contributed by atoms with Crippen molar-refractivity contribution < 1.29 is 23.1 Å². The van der Waals surface area contributed by atoms with Gasteiger partial charge in [0.2, 0.25) is 0 Å². The molecule has 0 radical (unpaired) electrons. The van der Waals surface area contributed by atoms with Gasteiger partial charge in [0.1, 0.15) is 0 Å². The number of amides is 1. The van der Waals surface area contributed by atoms with Gasteiger partial charge in [-0.2, -0.15) is 23.7 Å². The normalized spacial score (nSPS) is 21.6. The van der Waals surface area contributed by atoms with E-state index in [1.54, 1.807) is 12.1 Å². The number of carbonyl (C=O) groups excluding carboxylic acids is 1. The largest absolute Gasteiger partial charge is 0.417 e. The molecule has 3 heterocycles. The Labute approximate surface area is 194 Å². The second kappa shape index (κ2) is 8.64. The van der Waals surface area contributed by atoms with E-state index in [0.717, 1.165) is 18.2 Å². The molecule has 3 aliphatic heterocycles. The fourth-order valence-corrected chi connectivity index (χ4v) is 4.68. The van der Waals surface area contributed by atoms with Gasteiger partial charge in [0, 0.05) is 43.1 Å². The molecule has 2 bridgehead atoms. The molecule has 3 unspecified atom stereocenters. The molecule has 2 aromatic carbocycles. The van der Waals surface area contributed by atoms with Gasteiger partial charge in [-0.1, -0.05) is 0 Å². The van der Waals surface area contributed by atoms with E-state index >= 15 is 0 Å². The van der Waals surface area contributed by atoms with Gasteiger partial charge in [-0.25, -0.2) is 0 Å². The van der Waals surface area contributed by atoms with Crippen molar-refractivity contribution in [1.82, 2.24) is 4.90 Å². The van der Waals surface area contributed by atoms with E-state index in [-0.39, 0.29) is 24.3 Å². The highest BCUT2D eigenvalue weighted by Gasteiger charge is 2.46. The van der Waals surface area contributed by atoms with Crippen LogP contribution in [0.1, 0.15) is 30.0 Å². The van der Waals surface area contributed by atoms with E-state index in [0.29, 0.717) is 24.7 Å². The molecule has 0 saturated carbocycles. The van der Waals surface area contributed by atoms with Crippen LogP contribution in [0.15, 0.2) is 42.5 Å². The van der Waals surface area contributed by atoms with Crippen LogP contribution in [0.2, 0.25) is 0 Å². The lowest BCUT2D eigenvalue weighted by molar-refractivity contribution is -0.138. The maximum atomic E-state index is 13.2. The average molecular weight is 469 g/mol. The number of rotatable bonds is 5. The van der Waals surface area contributed by atoms with Crippen LogP contribution in [0, 0.1) is 22.7 Å². The van der Waals surface area contributed by atoms with Crippen molar-refractivity contribution in [3.63, 3.8) is 0 Å². The first-order valence-corrected chi connectivity index (χ1v) is 10.7. The number of nitriles is 2. The number of benzene rings is 2. The zero-order chi connectivity index (χ0) is 24.7. The third-order valence-electron chi connectivity index (χ3n) is 6.29. The highest BCUT2D eigenvalue weighted by Crippen LogP contribution is 2.38. The molecule has 176 valence electrons. The van der Waals surface area contributed by atoms with E-state index in [4.69, 9.17) is 10.5 Å². The number of aliphatic hydroxyl groups is 1. The highest BCUT2D eigenvalue weighted by atomic mass is 19.4. The average Bonchev–Trinajstić information content (AvgIpc) is 2.78. The molecule has 0 aromatic heterocycles. The molecule has 1 amide bonds. The van der Waals surface area contributed by atoms with Crippen molar-refractivity contribution in [1.29, 1.82) is 10.5 Å². The first-order chi connectivity index (χ1) is 16.0. The SMILES string of the molecule is CC(O)(CN1CC2CC(C1)N2c1ccc(C#N)cc1)C(=O)Nc1ccc(C#N)c(C(F)(F)F)c1. The van der Waals surface area contributed by atoms with Crippen LogP contribution in [0.3, 0.4) is 0 Å². The summed E-state index contributed by atoms with van der Waals surface area (Å²) in [7, 11) is 0. The quantitative estimate of drug-likeness (QED) is 0.698. The fourth-order valence-electron chi connectivity index (χ4n) is 4.68. The predicted octanol–water partition coefficient (Wildman–Crippen LogP) is 3.10. The number of fused-ring (bicyclic) bond motifs is 2. The number of alkyl halides is 3. The summed E-state index contributed by atoms with van der Waals surface area (Å²) in [5.41, 5.74) is -2.07. The number of nitrogens with one attached hydrogen (secondary N) is 1. The number of hydrogen-bond donors (Lipinski definition) is 2. The van der Waals surface area contributed by atoms with Gasteiger partial charge in [-0.05, 0) is 55.8 Å². The predicted molar refractivity (Wildman–Crippen MR) is 118 cm³/mol. The summed E-state index contributed by atoms with van der Waals surface area (Å²) < 4.78 is 39.6. The van der Waals surface area contributed by atoms with Gasteiger partial charge in [0.15, 0.2) is 5.60 Å². The number of piperidine rings is 1. The lowest BCUT2D eigenvalue weighted by Crippen LogP contribution is -2.70. The van der Waals surface area contributed by atoms with Gasteiger partial charge in [0.25, 0.3) is 5.91 Å². The second-order valence-corrected chi connectivity index (χ2v) is 8.90. The van der Waals surface area contributed by atoms with E-state index in [9.17, 15) is 23.1 Å². The summed E-state index contributed by atoms with van der Waals surface area (Å²) in [6.07, 6.45) is -3.76. The standard InChI is InChI=1S/C24H22F3N5O2/c1-23(34,22(33)30-17-5-4-16(11-29)21(8-17)24(25,26)27)14-31-12-19-9-20(13-31)32(19)18-6-2-15(10-28)3-7-18/h2-8,19-20,34H,9,12-14H2,1H3,(H,30,33). The molecular formula is C24H22F3N5O2. The summed E-state index contributed by atoms with van der Waals surface area (Å²) in [5.74, 6) is -0.825. The second-order valence-electron chi connectivity index (χ2n) is 8.90. The van der Waals surface area contributed by atoms with Crippen LogP contribution >= 0.6 is 0 Å². The maximum Gasteiger partial charge on any atom is 0.417 e. The Morgan fingerprint density at radius 2 is 1.76 bits per heavy atom. The van der Waals surface area contributed by atoms with Crippen LogP contribution in [-0.2, 0) is 11.0 Å². The third-order valence-corrected chi connectivity index (χ3v) is 6.29. The Bertz CT molecular complexity index is 1170. The van der Waals surface area contributed by atoms with Crippen molar-refractivity contribution >= 4 is 17.3 Å². The number of carbonyl (C=O) groups is 1. The molecular weight excluding hydrogens is 447 g/mol. The van der Waals surface area contributed by atoms with Crippen molar-refractivity contribution in [3.05, 3.63) is 59.2 Å². The van der Waals surface area contributed by atoms with Gasteiger partial charge < -0.3 is 15.3 Å². The molecule has 34 heavy (non-hydrogen) atoms. The van der Waals surface area contributed by atoms with E-state index in [1.807, 2.05) is 17.0 Å². The summed E-state index contributed by atoms with van der Waals surface area (Å²) in [6.45, 7) is 2.59.